The molecule has 8 heteroatoms. The summed E-state index contributed by atoms with van der Waals surface area (Å²) in [5.41, 5.74) is 3.63. The van der Waals surface area contributed by atoms with E-state index in [0.29, 0.717) is 23.6 Å². The predicted molar refractivity (Wildman–Crippen MR) is 105 cm³/mol. The fourth-order valence-corrected chi connectivity index (χ4v) is 4.09. The van der Waals surface area contributed by atoms with Gasteiger partial charge in [-0.2, -0.15) is 0 Å². The fourth-order valence-electron chi connectivity index (χ4n) is 2.81. The van der Waals surface area contributed by atoms with Crippen LogP contribution >= 0.6 is 0 Å². The number of rotatable bonds is 6. The Hall–Kier alpha value is -2.58. The average molecular weight is 389 g/mol. The van der Waals surface area contributed by atoms with Crippen LogP contribution < -0.4 is 9.46 Å². The van der Waals surface area contributed by atoms with Gasteiger partial charge in [0.1, 0.15) is 16.3 Å². The van der Waals surface area contributed by atoms with Crippen molar-refractivity contribution in [2.75, 3.05) is 25.9 Å². The zero-order chi connectivity index (χ0) is 19.8. The van der Waals surface area contributed by atoms with Crippen LogP contribution in [-0.4, -0.2) is 39.7 Å². The van der Waals surface area contributed by atoms with Crippen molar-refractivity contribution in [3.8, 4) is 5.75 Å². The molecule has 0 saturated heterocycles. The summed E-state index contributed by atoms with van der Waals surface area (Å²) in [5.74, 6) is 0.310. The smallest absolute Gasteiger partial charge is 0.265 e. The fraction of sp³-hybridized carbons (Fsp3) is 0.316. The number of benzene rings is 2. The third-order valence-corrected chi connectivity index (χ3v) is 5.73. The zero-order valence-corrected chi connectivity index (χ0v) is 16.8. The molecule has 27 heavy (non-hydrogen) atoms. The molecule has 0 aliphatic heterocycles. The number of hydrogen-bond donors (Lipinski definition) is 1. The number of aryl methyl sites for hydroxylation is 2. The Morgan fingerprint density at radius 1 is 1.15 bits per heavy atom. The molecule has 0 unspecified atom stereocenters. The summed E-state index contributed by atoms with van der Waals surface area (Å²) < 4.78 is 39.1. The van der Waals surface area contributed by atoms with Crippen molar-refractivity contribution < 1.29 is 17.7 Å². The molecule has 0 aliphatic rings. The van der Waals surface area contributed by atoms with Crippen LogP contribution in [0.4, 0.5) is 5.69 Å². The summed E-state index contributed by atoms with van der Waals surface area (Å²) >= 11 is 0. The summed E-state index contributed by atoms with van der Waals surface area (Å²) in [7, 11) is 1.50. The molecule has 3 rings (SSSR count). The second kappa shape index (κ2) is 7.21. The van der Waals surface area contributed by atoms with E-state index in [-0.39, 0.29) is 4.90 Å². The number of nitrogens with zero attached hydrogens (tertiary/aromatic N) is 2. The number of methoxy groups -OCH3 is 1. The molecule has 144 valence electrons. The first kappa shape index (κ1) is 19.2. The molecule has 1 N–H and O–H groups in total. The number of anilines is 1. The number of hydrogen-bond acceptors (Lipinski definition) is 6. The molecule has 0 fully saturated rings. The van der Waals surface area contributed by atoms with E-state index < -0.39 is 10.0 Å². The molecule has 0 spiro atoms. The predicted octanol–water partition coefficient (Wildman–Crippen LogP) is 3.32. The summed E-state index contributed by atoms with van der Waals surface area (Å²) in [5, 5.41) is 4.84. The van der Waals surface area contributed by atoms with Gasteiger partial charge in [-0.15, -0.1) is 0 Å². The molecule has 1 aromatic heterocycles. The largest absolute Gasteiger partial charge is 0.495 e. The van der Waals surface area contributed by atoms with E-state index in [1.165, 1.54) is 7.11 Å². The highest BCUT2D eigenvalue weighted by atomic mass is 32.2. The molecule has 0 aliphatic carbocycles. The molecular formula is C19H23N3O4S. The lowest BCUT2D eigenvalue weighted by Crippen LogP contribution is -2.14. The lowest BCUT2D eigenvalue weighted by Gasteiger charge is -2.14. The van der Waals surface area contributed by atoms with Gasteiger partial charge < -0.3 is 14.2 Å². The minimum Gasteiger partial charge on any atom is -0.495 e. The third kappa shape index (κ3) is 3.91. The van der Waals surface area contributed by atoms with Gasteiger partial charge in [-0.25, -0.2) is 8.42 Å². The number of aromatic nitrogens is 1. The maximum Gasteiger partial charge on any atom is 0.265 e. The number of sulfonamides is 1. The van der Waals surface area contributed by atoms with Crippen LogP contribution in [-0.2, 0) is 16.6 Å². The SMILES string of the molecule is COc1cc(C)c(C)cc1S(=O)(=O)Nc1ccc2onc(CN(C)C)c2c1. The van der Waals surface area contributed by atoms with Crippen molar-refractivity contribution in [1.29, 1.82) is 0 Å². The molecule has 2 aromatic carbocycles. The average Bonchev–Trinajstić information content (AvgIpc) is 2.98. The van der Waals surface area contributed by atoms with E-state index in [4.69, 9.17) is 9.26 Å². The van der Waals surface area contributed by atoms with Gasteiger partial charge in [0.15, 0.2) is 5.58 Å². The Balaban J connectivity index is 2.00. The first-order chi connectivity index (χ1) is 12.7. The quantitative estimate of drug-likeness (QED) is 0.696. The number of ether oxygens (including phenoxy) is 1. The lowest BCUT2D eigenvalue weighted by atomic mass is 10.1. The van der Waals surface area contributed by atoms with Gasteiger partial charge in [-0.1, -0.05) is 5.16 Å². The molecular weight excluding hydrogens is 366 g/mol. The van der Waals surface area contributed by atoms with E-state index in [1.54, 1.807) is 30.3 Å². The van der Waals surface area contributed by atoms with Crippen LogP contribution in [0, 0.1) is 13.8 Å². The van der Waals surface area contributed by atoms with Crippen molar-refractivity contribution >= 4 is 26.7 Å². The monoisotopic (exact) mass is 389 g/mol. The molecule has 0 bridgehead atoms. The Labute approximate surface area is 159 Å². The Morgan fingerprint density at radius 2 is 1.85 bits per heavy atom. The van der Waals surface area contributed by atoms with Crippen LogP contribution in [0.15, 0.2) is 39.8 Å². The number of nitrogens with one attached hydrogen (secondary N) is 1. The van der Waals surface area contributed by atoms with Crippen LogP contribution in [0.5, 0.6) is 5.75 Å². The van der Waals surface area contributed by atoms with Crippen LogP contribution in [0.3, 0.4) is 0 Å². The zero-order valence-electron chi connectivity index (χ0n) is 16.0. The summed E-state index contributed by atoms with van der Waals surface area (Å²) in [4.78, 5) is 2.07. The second-order valence-corrected chi connectivity index (χ2v) is 8.42. The Morgan fingerprint density at radius 3 is 2.52 bits per heavy atom. The van der Waals surface area contributed by atoms with Crippen molar-refractivity contribution in [2.45, 2.75) is 25.3 Å². The molecule has 0 atom stereocenters. The van der Waals surface area contributed by atoms with Crippen LogP contribution in [0.25, 0.3) is 11.0 Å². The summed E-state index contributed by atoms with van der Waals surface area (Å²) in [6.45, 7) is 4.37. The first-order valence-electron chi connectivity index (χ1n) is 8.42. The lowest BCUT2D eigenvalue weighted by molar-refractivity contribution is 0.373. The van der Waals surface area contributed by atoms with Crippen LogP contribution in [0.1, 0.15) is 16.8 Å². The van der Waals surface area contributed by atoms with Gasteiger partial charge in [0.25, 0.3) is 10.0 Å². The first-order valence-corrected chi connectivity index (χ1v) is 9.90. The molecule has 0 radical (unpaired) electrons. The highest BCUT2D eigenvalue weighted by Crippen LogP contribution is 2.30. The summed E-state index contributed by atoms with van der Waals surface area (Å²) in [6, 6.07) is 8.43. The Kier molecular flexibility index (Phi) is 5.12. The minimum absolute atomic E-state index is 0.104. The van der Waals surface area contributed by atoms with E-state index in [1.807, 2.05) is 32.8 Å². The molecule has 0 saturated carbocycles. The van der Waals surface area contributed by atoms with E-state index in [0.717, 1.165) is 22.2 Å². The van der Waals surface area contributed by atoms with Gasteiger partial charge in [0, 0.05) is 17.6 Å². The van der Waals surface area contributed by atoms with Crippen molar-refractivity contribution in [3.05, 3.63) is 47.2 Å². The van der Waals surface area contributed by atoms with E-state index >= 15 is 0 Å². The Bertz CT molecular complexity index is 1090. The second-order valence-electron chi connectivity index (χ2n) is 6.77. The van der Waals surface area contributed by atoms with E-state index in [2.05, 4.69) is 9.88 Å². The van der Waals surface area contributed by atoms with Gasteiger partial charge in [0.05, 0.1) is 7.11 Å². The van der Waals surface area contributed by atoms with Crippen molar-refractivity contribution in [2.24, 2.45) is 0 Å². The molecule has 7 nitrogen and oxygen atoms in total. The minimum atomic E-state index is -3.82. The third-order valence-electron chi connectivity index (χ3n) is 4.33. The number of fused-ring (bicyclic) bond motifs is 1. The maximum atomic E-state index is 12.9. The highest BCUT2D eigenvalue weighted by molar-refractivity contribution is 7.92. The van der Waals surface area contributed by atoms with Crippen molar-refractivity contribution in [1.82, 2.24) is 10.1 Å². The normalized spacial score (nSPS) is 11.9. The van der Waals surface area contributed by atoms with Crippen molar-refractivity contribution in [3.63, 3.8) is 0 Å². The maximum absolute atomic E-state index is 12.9. The topological polar surface area (TPSA) is 84.7 Å². The highest BCUT2D eigenvalue weighted by Gasteiger charge is 2.21. The standard InChI is InChI=1S/C19H23N3O4S/c1-12-8-18(25-5)19(9-13(12)2)27(23,24)21-14-6-7-17-15(10-14)16(20-26-17)11-22(3)4/h6-10,21H,11H2,1-5H3. The van der Waals surface area contributed by atoms with Gasteiger partial charge >= 0.3 is 0 Å². The summed E-state index contributed by atoms with van der Waals surface area (Å²) in [6.07, 6.45) is 0. The van der Waals surface area contributed by atoms with E-state index in [9.17, 15) is 8.42 Å². The van der Waals surface area contributed by atoms with Gasteiger partial charge in [-0.3, -0.25) is 4.72 Å². The van der Waals surface area contributed by atoms with Crippen LogP contribution in [0.2, 0.25) is 0 Å². The van der Waals surface area contributed by atoms with Gasteiger partial charge in [-0.05, 0) is 69.4 Å². The molecule has 0 amide bonds. The molecule has 1 heterocycles. The molecule has 3 aromatic rings. The van der Waals surface area contributed by atoms with Gasteiger partial charge in [0.2, 0.25) is 0 Å².